The van der Waals surface area contributed by atoms with Gasteiger partial charge in [0.05, 0.1) is 12.5 Å². The fourth-order valence-corrected chi connectivity index (χ4v) is 6.23. The van der Waals surface area contributed by atoms with Gasteiger partial charge in [-0.1, -0.05) is 49.6 Å². The molecule has 3 atom stereocenters. The lowest BCUT2D eigenvalue weighted by molar-refractivity contribution is -0.149. The second-order valence-electron chi connectivity index (χ2n) is 10.2. The summed E-state index contributed by atoms with van der Waals surface area (Å²) in [4.78, 5) is 37.4. The van der Waals surface area contributed by atoms with E-state index in [1.807, 2.05) is 30.3 Å². The van der Waals surface area contributed by atoms with Crippen LogP contribution in [0.5, 0.6) is 0 Å². The number of alkyl carbamates (subject to hydrolysis) is 1. The molecule has 1 fully saturated rings. The number of amides is 1. The first kappa shape index (κ1) is 32.8. The molecule has 0 radical (unpaired) electrons. The van der Waals surface area contributed by atoms with E-state index in [-0.39, 0.29) is 38.0 Å². The molecule has 0 spiro atoms. The maximum atomic E-state index is 13.2. The Morgan fingerprint density at radius 1 is 1.00 bits per heavy atom. The molecule has 11 nitrogen and oxygen atoms in total. The first-order chi connectivity index (χ1) is 18.5. The SMILES string of the molecule is COCP(=O)(N[C@@H](C)C(=O)OC(C)C)OC(C)OC(=O)NCC1(CC(=O)OCc2ccccc2)CCCCC1. The van der Waals surface area contributed by atoms with Gasteiger partial charge in [-0.2, -0.15) is 0 Å². The highest BCUT2D eigenvalue weighted by atomic mass is 31.2. The van der Waals surface area contributed by atoms with Gasteiger partial charge in [-0.3, -0.25) is 18.7 Å². The van der Waals surface area contributed by atoms with Crippen molar-refractivity contribution in [3.63, 3.8) is 0 Å². The Morgan fingerprint density at radius 3 is 2.28 bits per heavy atom. The summed E-state index contributed by atoms with van der Waals surface area (Å²) in [6.45, 7) is 6.74. The van der Waals surface area contributed by atoms with Gasteiger partial charge in [-0.15, -0.1) is 0 Å². The molecule has 0 bridgehead atoms. The predicted molar refractivity (Wildman–Crippen MR) is 145 cm³/mol. The number of hydrogen-bond acceptors (Lipinski definition) is 9. The van der Waals surface area contributed by atoms with E-state index in [0.717, 1.165) is 37.7 Å². The number of carbonyl (C=O) groups excluding carboxylic acids is 3. The summed E-state index contributed by atoms with van der Waals surface area (Å²) >= 11 is 0. The number of ether oxygens (including phenoxy) is 4. The molecule has 39 heavy (non-hydrogen) atoms. The summed E-state index contributed by atoms with van der Waals surface area (Å²) in [7, 11) is -2.40. The van der Waals surface area contributed by atoms with Crippen LogP contribution in [0.4, 0.5) is 4.79 Å². The largest absolute Gasteiger partial charge is 0.462 e. The van der Waals surface area contributed by atoms with Crippen LogP contribution in [0.1, 0.15) is 71.8 Å². The van der Waals surface area contributed by atoms with E-state index < -0.39 is 37.3 Å². The molecule has 1 amide bonds. The van der Waals surface area contributed by atoms with Crippen LogP contribution in [0.15, 0.2) is 30.3 Å². The molecule has 1 aliphatic carbocycles. The molecule has 2 N–H and O–H groups in total. The van der Waals surface area contributed by atoms with Crippen LogP contribution in [0.25, 0.3) is 0 Å². The molecule has 1 saturated carbocycles. The molecule has 220 valence electrons. The van der Waals surface area contributed by atoms with E-state index in [4.69, 9.17) is 23.5 Å². The summed E-state index contributed by atoms with van der Waals surface area (Å²) in [6, 6.07) is 8.51. The number of hydrogen-bond donors (Lipinski definition) is 2. The van der Waals surface area contributed by atoms with Gasteiger partial charge in [0.25, 0.3) is 7.52 Å². The summed E-state index contributed by atoms with van der Waals surface area (Å²) < 4.78 is 39.6. The van der Waals surface area contributed by atoms with Crippen molar-refractivity contribution in [1.29, 1.82) is 0 Å². The fraction of sp³-hybridized carbons (Fsp3) is 0.667. The van der Waals surface area contributed by atoms with Crippen molar-refractivity contribution in [2.24, 2.45) is 5.41 Å². The van der Waals surface area contributed by atoms with Crippen LogP contribution in [-0.2, 0) is 44.2 Å². The maximum Gasteiger partial charge on any atom is 0.409 e. The smallest absolute Gasteiger partial charge is 0.409 e. The highest BCUT2D eigenvalue weighted by Gasteiger charge is 2.36. The Balaban J connectivity index is 1.90. The molecule has 2 unspecified atom stereocenters. The first-order valence-corrected chi connectivity index (χ1v) is 15.2. The number of benzene rings is 1. The quantitative estimate of drug-likeness (QED) is 0.130. The van der Waals surface area contributed by atoms with Gasteiger partial charge in [-0.25, -0.2) is 9.88 Å². The van der Waals surface area contributed by atoms with E-state index >= 15 is 0 Å². The van der Waals surface area contributed by atoms with Gasteiger partial charge < -0.3 is 24.3 Å². The van der Waals surface area contributed by atoms with Crippen LogP contribution in [0.3, 0.4) is 0 Å². The maximum absolute atomic E-state index is 13.2. The lowest BCUT2D eigenvalue weighted by atomic mass is 9.71. The minimum atomic E-state index is -3.74. The zero-order chi connectivity index (χ0) is 28.9. The van der Waals surface area contributed by atoms with Gasteiger partial charge >= 0.3 is 18.0 Å². The Bertz CT molecular complexity index is 967. The Kier molecular flexibility index (Phi) is 13.4. The van der Waals surface area contributed by atoms with Crippen LogP contribution >= 0.6 is 7.52 Å². The molecule has 1 aromatic carbocycles. The molecule has 12 heteroatoms. The van der Waals surface area contributed by atoms with Crippen molar-refractivity contribution in [2.75, 3.05) is 20.0 Å². The highest BCUT2D eigenvalue weighted by Crippen LogP contribution is 2.44. The minimum absolute atomic E-state index is 0.184. The van der Waals surface area contributed by atoms with Gasteiger partial charge in [0.2, 0.25) is 6.29 Å². The summed E-state index contributed by atoms with van der Waals surface area (Å²) in [5.74, 6) is -0.916. The Labute approximate surface area is 231 Å². The zero-order valence-electron chi connectivity index (χ0n) is 23.6. The van der Waals surface area contributed by atoms with Gasteiger partial charge in [0, 0.05) is 13.7 Å². The average molecular weight is 571 g/mol. The molecular weight excluding hydrogens is 527 g/mol. The minimum Gasteiger partial charge on any atom is -0.462 e. The molecule has 2 rings (SSSR count). The molecule has 0 saturated heterocycles. The van der Waals surface area contributed by atoms with Crippen molar-refractivity contribution in [2.45, 2.75) is 91.3 Å². The number of rotatable bonds is 15. The van der Waals surface area contributed by atoms with Gasteiger partial charge in [-0.05, 0) is 51.5 Å². The van der Waals surface area contributed by atoms with E-state index in [1.165, 1.54) is 21.0 Å². The standard InChI is InChI=1S/C27H43N2O9P/c1-20(2)36-25(31)21(3)29-39(33,19-34-5)38-22(4)37-26(32)28-18-27(14-10-7-11-15-27)16-24(30)35-17-23-12-8-6-9-13-23/h6,8-9,12-13,20-22H,7,10-11,14-19H2,1-5H3,(H,28,32)(H,29,33)/t21-,22?,39?/m0/s1. The fourth-order valence-electron chi connectivity index (χ4n) is 4.48. The lowest BCUT2D eigenvalue weighted by Crippen LogP contribution is -2.42. The Morgan fingerprint density at radius 2 is 1.67 bits per heavy atom. The number of nitrogens with one attached hydrogen (secondary N) is 2. The van der Waals surface area contributed by atoms with E-state index in [1.54, 1.807) is 13.8 Å². The predicted octanol–water partition coefficient (Wildman–Crippen LogP) is 4.89. The second-order valence-corrected chi connectivity index (χ2v) is 12.3. The molecule has 1 aromatic rings. The Hall–Kier alpha value is -2.46. The van der Waals surface area contributed by atoms with Crippen molar-refractivity contribution in [3.8, 4) is 0 Å². The first-order valence-electron chi connectivity index (χ1n) is 13.3. The second kappa shape index (κ2) is 16.0. The van der Waals surface area contributed by atoms with Gasteiger partial charge in [0.1, 0.15) is 19.0 Å². The highest BCUT2D eigenvalue weighted by molar-refractivity contribution is 7.56. The topological polar surface area (TPSA) is 138 Å². The summed E-state index contributed by atoms with van der Waals surface area (Å²) in [5.41, 5.74) is 0.472. The summed E-state index contributed by atoms with van der Waals surface area (Å²) in [6.07, 6.45) is 2.02. The van der Waals surface area contributed by atoms with E-state index in [9.17, 15) is 18.9 Å². The molecule has 0 aromatic heterocycles. The van der Waals surface area contributed by atoms with Crippen LogP contribution in [-0.4, -0.2) is 56.5 Å². The lowest BCUT2D eigenvalue weighted by Gasteiger charge is -2.36. The van der Waals surface area contributed by atoms with Crippen LogP contribution in [0.2, 0.25) is 0 Å². The van der Waals surface area contributed by atoms with Crippen molar-refractivity contribution in [3.05, 3.63) is 35.9 Å². The van der Waals surface area contributed by atoms with Crippen LogP contribution < -0.4 is 10.4 Å². The molecule has 1 aliphatic rings. The average Bonchev–Trinajstić information content (AvgIpc) is 2.87. The number of esters is 2. The zero-order valence-corrected chi connectivity index (χ0v) is 24.5. The number of carbonyl (C=O) groups is 3. The van der Waals surface area contributed by atoms with E-state index in [0.29, 0.717) is 0 Å². The summed E-state index contributed by atoms with van der Waals surface area (Å²) in [5, 5.41) is 5.35. The number of methoxy groups -OCH3 is 1. The van der Waals surface area contributed by atoms with Crippen molar-refractivity contribution < 1.29 is 42.4 Å². The van der Waals surface area contributed by atoms with Gasteiger partial charge in [0.15, 0.2) is 0 Å². The molecule has 0 heterocycles. The van der Waals surface area contributed by atoms with E-state index in [2.05, 4.69) is 10.4 Å². The molecule has 0 aliphatic heterocycles. The normalized spacial score (nSPS) is 17.9. The monoisotopic (exact) mass is 570 g/mol. The van der Waals surface area contributed by atoms with Crippen LogP contribution in [0, 0.1) is 5.41 Å². The van der Waals surface area contributed by atoms with Crippen molar-refractivity contribution >= 4 is 25.6 Å². The third kappa shape index (κ3) is 12.1. The van der Waals surface area contributed by atoms with Crippen molar-refractivity contribution in [1.82, 2.24) is 10.4 Å². The molecular formula is C27H43N2O9P. The third-order valence-corrected chi connectivity index (χ3v) is 8.29. The third-order valence-electron chi connectivity index (χ3n) is 6.27.